The molecule has 1 aliphatic rings. The summed E-state index contributed by atoms with van der Waals surface area (Å²) >= 11 is 2.32. The van der Waals surface area contributed by atoms with Gasteiger partial charge in [-0.15, -0.1) is 5.10 Å². The van der Waals surface area contributed by atoms with Crippen LogP contribution in [0.5, 0.6) is 0 Å². The molecule has 0 aliphatic heterocycles. The maximum absolute atomic E-state index is 13.5. The fourth-order valence-electron chi connectivity index (χ4n) is 4.07. The molecule has 2 aromatic rings. The first kappa shape index (κ1) is 23.8. The van der Waals surface area contributed by atoms with Crippen LogP contribution in [-0.2, 0) is 14.0 Å². The molecular weight excluding hydrogens is 505 g/mol. The number of halogens is 1. The van der Waals surface area contributed by atoms with Gasteiger partial charge in [-0.3, -0.25) is 9.69 Å². The van der Waals surface area contributed by atoms with Gasteiger partial charge in [-0.2, -0.15) is 0 Å². The van der Waals surface area contributed by atoms with Crippen LogP contribution in [0.15, 0.2) is 30.5 Å². The zero-order valence-corrected chi connectivity index (χ0v) is 21.0. The average molecular weight is 537 g/mol. The fourth-order valence-corrected chi connectivity index (χ4v) is 4.58. The van der Waals surface area contributed by atoms with E-state index < -0.39 is 5.97 Å². The van der Waals surface area contributed by atoms with Crippen molar-refractivity contribution in [2.45, 2.75) is 63.8 Å². The number of ether oxygens (including phenoxy) is 1. The van der Waals surface area contributed by atoms with E-state index in [4.69, 9.17) is 9.84 Å². The minimum Gasteiger partial charge on any atom is -0.462 e. The van der Waals surface area contributed by atoms with E-state index in [0.29, 0.717) is 17.3 Å². The van der Waals surface area contributed by atoms with Crippen molar-refractivity contribution in [2.75, 3.05) is 11.5 Å². The highest BCUT2D eigenvalue weighted by molar-refractivity contribution is 14.1. The van der Waals surface area contributed by atoms with Crippen LogP contribution in [0, 0.1) is 11.8 Å². The Morgan fingerprint density at radius 1 is 1.19 bits per heavy atom. The van der Waals surface area contributed by atoms with Gasteiger partial charge in [-0.1, -0.05) is 41.6 Å². The molecule has 0 N–H and O–H groups in total. The first-order chi connectivity index (χ1) is 14.8. The zero-order chi connectivity index (χ0) is 22.5. The van der Waals surface area contributed by atoms with Gasteiger partial charge in [-0.25, -0.2) is 9.48 Å². The highest BCUT2D eigenvalue weighted by atomic mass is 127. The molecule has 1 aliphatic carbocycles. The maximum Gasteiger partial charge on any atom is 0.343 e. The number of benzene rings is 1. The predicted molar refractivity (Wildman–Crippen MR) is 131 cm³/mol. The Morgan fingerprint density at radius 2 is 1.84 bits per heavy atom. The van der Waals surface area contributed by atoms with E-state index in [1.165, 1.54) is 5.56 Å². The lowest BCUT2D eigenvalue weighted by Crippen LogP contribution is -2.43. The second-order valence-electron chi connectivity index (χ2n) is 8.59. The third-order valence-corrected chi connectivity index (χ3v) is 6.77. The van der Waals surface area contributed by atoms with E-state index >= 15 is 0 Å². The highest BCUT2D eigenvalue weighted by Crippen LogP contribution is 2.33. The molecular formula is C24H32IN3O3. The third kappa shape index (κ3) is 5.48. The molecule has 7 heteroatoms. The summed E-state index contributed by atoms with van der Waals surface area (Å²) in [6, 6.07) is 7.92. The minimum atomic E-state index is -0.455. The Morgan fingerprint density at radius 3 is 2.39 bits per heavy atom. The molecule has 0 bridgehead atoms. The van der Waals surface area contributed by atoms with Crippen LogP contribution >= 0.6 is 22.6 Å². The summed E-state index contributed by atoms with van der Waals surface area (Å²) in [6.07, 6.45) is 5.57. The Labute approximate surface area is 198 Å². The molecule has 1 amide bonds. The van der Waals surface area contributed by atoms with Gasteiger partial charge in [0.15, 0.2) is 5.82 Å². The molecule has 1 fully saturated rings. The Hall–Kier alpha value is -1.90. The van der Waals surface area contributed by atoms with Gasteiger partial charge in [0.2, 0.25) is 5.91 Å². The number of hydrogen-bond acceptors (Lipinski definition) is 4. The quantitative estimate of drug-likeness (QED) is 0.264. The van der Waals surface area contributed by atoms with Crippen molar-refractivity contribution in [1.82, 2.24) is 9.78 Å². The van der Waals surface area contributed by atoms with Gasteiger partial charge in [0.05, 0.1) is 12.3 Å². The van der Waals surface area contributed by atoms with Gasteiger partial charge in [0.25, 0.3) is 0 Å². The largest absolute Gasteiger partial charge is 0.462 e. The van der Waals surface area contributed by atoms with Gasteiger partial charge < -0.3 is 4.74 Å². The van der Waals surface area contributed by atoms with Crippen LogP contribution in [0.3, 0.4) is 0 Å². The number of anilines is 1. The van der Waals surface area contributed by atoms with Crippen molar-refractivity contribution in [1.29, 1.82) is 0 Å². The first-order valence-electron chi connectivity index (χ1n) is 11.1. The monoisotopic (exact) mass is 537 g/mol. The summed E-state index contributed by atoms with van der Waals surface area (Å²) in [5.41, 5.74) is 2.38. The molecule has 0 radical (unpaired) electrons. The molecule has 0 saturated heterocycles. The van der Waals surface area contributed by atoms with Crippen LogP contribution < -0.4 is 4.90 Å². The van der Waals surface area contributed by atoms with E-state index in [1.54, 1.807) is 22.7 Å². The molecule has 168 valence electrons. The molecule has 0 unspecified atom stereocenters. The summed E-state index contributed by atoms with van der Waals surface area (Å²) in [7, 11) is 0. The number of carbonyl (C=O) groups excluding carboxylic acids is 2. The summed E-state index contributed by atoms with van der Waals surface area (Å²) in [5.74, 6) is 0.620. The summed E-state index contributed by atoms with van der Waals surface area (Å²) < 4.78 is 7.89. The van der Waals surface area contributed by atoms with Crippen molar-refractivity contribution in [2.24, 2.45) is 11.8 Å². The van der Waals surface area contributed by atoms with Gasteiger partial charge >= 0.3 is 5.97 Å². The molecule has 0 spiro atoms. The number of esters is 1. The molecule has 1 saturated carbocycles. The number of hydrogen-bond donors (Lipinski definition) is 0. The number of carbonyl (C=O) groups is 2. The standard InChI is InChI=1S/C24H32IN3O3/c1-5-31-24(30)21-15-27(20-12-8-18(14-25)9-13-20)26-22(21)28(16(2)3)23(29)19-10-6-17(4)7-11-19/h8-9,12-13,15-17,19H,5-7,10-11,14H2,1-4H3. The van der Waals surface area contributed by atoms with Gasteiger partial charge in [-0.05, 0) is 70.1 Å². The van der Waals surface area contributed by atoms with E-state index in [0.717, 1.165) is 35.8 Å². The van der Waals surface area contributed by atoms with Crippen molar-refractivity contribution in [3.8, 4) is 5.69 Å². The molecule has 1 aromatic heterocycles. The predicted octanol–water partition coefficient (Wildman–Crippen LogP) is 5.55. The normalized spacial score (nSPS) is 18.8. The van der Waals surface area contributed by atoms with E-state index in [-0.39, 0.29) is 24.5 Å². The van der Waals surface area contributed by atoms with Crippen LogP contribution in [0.2, 0.25) is 0 Å². The Kier molecular flexibility index (Phi) is 8.13. The second-order valence-corrected chi connectivity index (χ2v) is 9.35. The molecule has 6 nitrogen and oxygen atoms in total. The van der Waals surface area contributed by atoms with Gasteiger partial charge in [0, 0.05) is 22.6 Å². The number of rotatable bonds is 7. The van der Waals surface area contributed by atoms with Crippen LogP contribution in [-0.4, -0.2) is 34.3 Å². The summed E-state index contributed by atoms with van der Waals surface area (Å²) in [4.78, 5) is 28.0. The SMILES string of the molecule is CCOC(=O)c1cn(-c2ccc(CI)cc2)nc1N(C(=O)C1CCC(C)CC1)C(C)C. The summed E-state index contributed by atoms with van der Waals surface area (Å²) in [5, 5.41) is 4.71. The summed E-state index contributed by atoms with van der Waals surface area (Å²) in [6.45, 7) is 8.22. The maximum atomic E-state index is 13.5. The molecule has 31 heavy (non-hydrogen) atoms. The molecule has 1 heterocycles. The fraction of sp³-hybridized carbons (Fsp3) is 0.542. The van der Waals surface area contributed by atoms with Crippen molar-refractivity contribution in [3.63, 3.8) is 0 Å². The minimum absolute atomic E-state index is 0.0262. The number of amides is 1. The average Bonchev–Trinajstić information content (AvgIpc) is 3.19. The number of alkyl halides is 1. The second kappa shape index (κ2) is 10.6. The third-order valence-electron chi connectivity index (χ3n) is 5.89. The van der Waals surface area contributed by atoms with Crippen LogP contribution in [0.4, 0.5) is 5.82 Å². The molecule has 1 aromatic carbocycles. The zero-order valence-electron chi connectivity index (χ0n) is 18.8. The van der Waals surface area contributed by atoms with E-state index in [2.05, 4.69) is 29.5 Å². The highest BCUT2D eigenvalue weighted by Gasteiger charge is 2.34. The van der Waals surface area contributed by atoms with Crippen molar-refractivity contribution in [3.05, 3.63) is 41.6 Å². The lowest BCUT2D eigenvalue weighted by atomic mass is 9.82. The lowest BCUT2D eigenvalue weighted by molar-refractivity contribution is -0.123. The van der Waals surface area contributed by atoms with Crippen molar-refractivity contribution < 1.29 is 14.3 Å². The number of aromatic nitrogens is 2. The molecule has 3 rings (SSSR count). The number of nitrogens with zero attached hydrogens (tertiary/aromatic N) is 3. The topological polar surface area (TPSA) is 64.4 Å². The van der Waals surface area contributed by atoms with Crippen molar-refractivity contribution >= 4 is 40.3 Å². The first-order valence-corrected chi connectivity index (χ1v) is 12.6. The molecule has 0 atom stereocenters. The van der Waals surface area contributed by atoms with Crippen LogP contribution in [0.25, 0.3) is 5.69 Å². The Balaban J connectivity index is 2.01. The van der Waals surface area contributed by atoms with E-state index in [1.807, 2.05) is 38.1 Å². The Bertz CT molecular complexity index is 899. The van der Waals surface area contributed by atoms with Gasteiger partial charge in [0.1, 0.15) is 5.56 Å². The van der Waals surface area contributed by atoms with Crippen LogP contribution in [0.1, 0.15) is 69.3 Å². The smallest absolute Gasteiger partial charge is 0.343 e. The lowest BCUT2D eigenvalue weighted by Gasteiger charge is -2.32. The van der Waals surface area contributed by atoms with E-state index in [9.17, 15) is 9.59 Å².